The number of unbranched alkanes of at least 4 members (excludes halogenated alkanes) is 1. The highest BCUT2D eigenvalue weighted by molar-refractivity contribution is 5.84. The van der Waals surface area contributed by atoms with Gasteiger partial charge in [0.05, 0.1) is 12.2 Å². The van der Waals surface area contributed by atoms with E-state index in [0.717, 1.165) is 5.75 Å². The maximum atomic E-state index is 12.5. The molecular formula is C25H35NO6. The summed E-state index contributed by atoms with van der Waals surface area (Å²) in [4.78, 5) is 34.4. The van der Waals surface area contributed by atoms with Crippen LogP contribution in [0.1, 0.15) is 64.7 Å². The van der Waals surface area contributed by atoms with E-state index in [4.69, 9.17) is 9.84 Å². The molecule has 0 spiro atoms. The second-order valence-electron chi connectivity index (χ2n) is 8.63. The second-order valence-corrected chi connectivity index (χ2v) is 8.63. The fraction of sp³-hybridized carbons (Fsp3) is 0.600. The van der Waals surface area contributed by atoms with Gasteiger partial charge in [-0.15, -0.1) is 0 Å². The van der Waals surface area contributed by atoms with E-state index < -0.39 is 17.6 Å². The number of allylic oxidation sites excluding steroid dienone is 2. The van der Waals surface area contributed by atoms with Gasteiger partial charge in [0.15, 0.2) is 0 Å². The predicted octanol–water partition coefficient (Wildman–Crippen LogP) is 4.92. The van der Waals surface area contributed by atoms with Gasteiger partial charge in [-0.3, -0.25) is 9.59 Å². The molecule has 2 rings (SSSR count). The van der Waals surface area contributed by atoms with Crippen LogP contribution < -0.4 is 4.74 Å². The lowest BCUT2D eigenvalue weighted by Crippen LogP contribution is -2.32. The number of carbonyl (C=O) groups is 2. The lowest BCUT2D eigenvalue weighted by molar-refractivity contribution is -0.137. The number of Topliss-reactive ketones (excluding diaryl/α,β-unsaturated/α-hetero) is 1. The first-order valence-electron chi connectivity index (χ1n) is 11.5. The maximum absolute atomic E-state index is 12.5. The molecule has 176 valence electrons. The number of hydrogen-bond acceptors (Lipinski definition) is 6. The summed E-state index contributed by atoms with van der Waals surface area (Å²) in [5.41, 5.74) is -0.926. The molecule has 7 heteroatoms. The molecule has 32 heavy (non-hydrogen) atoms. The van der Waals surface area contributed by atoms with E-state index in [9.17, 15) is 19.6 Å². The smallest absolute Gasteiger partial charge is 0.303 e. The van der Waals surface area contributed by atoms with Crippen LogP contribution in [-0.2, 0) is 9.59 Å². The zero-order chi connectivity index (χ0) is 23.4. The van der Waals surface area contributed by atoms with Crippen molar-refractivity contribution in [3.05, 3.63) is 47.4 Å². The largest absolute Gasteiger partial charge is 0.493 e. The Morgan fingerprint density at radius 2 is 2.00 bits per heavy atom. The summed E-state index contributed by atoms with van der Waals surface area (Å²) in [5, 5.41) is 22.9. The molecule has 1 aromatic rings. The topological polar surface area (TPSA) is 113 Å². The van der Waals surface area contributed by atoms with E-state index in [1.807, 2.05) is 49.4 Å². The molecule has 0 aliphatic heterocycles. The standard InChI is InChI=1S/C25H35NO6/c1-2-25(30,16-17-32-19-10-6-5-7-11-19)15-14-20-21(23(27)18-22(20)26-31)12-8-3-4-9-13-24(28)29/h3,5-8,10-11,20-22,30H,2,4,9,12-18H2,1H3,(H,28,29)/t20-,21-,22?,25?/m1/s1. The van der Waals surface area contributed by atoms with Crippen LogP contribution in [0.2, 0.25) is 0 Å². The summed E-state index contributed by atoms with van der Waals surface area (Å²) in [6.07, 6.45) is 7.85. The number of carbonyl (C=O) groups excluding carboxylic acids is 1. The zero-order valence-electron chi connectivity index (χ0n) is 18.8. The fourth-order valence-corrected chi connectivity index (χ4v) is 4.35. The van der Waals surface area contributed by atoms with Crippen LogP contribution in [-0.4, -0.2) is 40.2 Å². The van der Waals surface area contributed by atoms with Crippen LogP contribution in [0.5, 0.6) is 5.75 Å². The molecule has 2 unspecified atom stereocenters. The van der Waals surface area contributed by atoms with E-state index >= 15 is 0 Å². The van der Waals surface area contributed by atoms with Gasteiger partial charge in [0.1, 0.15) is 17.6 Å². The normalized spacial score (nSPS) is 22.7. The molecule has 0 bridgehead atoms. The number of aliphatic carboxylic acids is 1. The summed E-state index contributed by atoms with van der Waals surface area (Å²) >= 11 is 0. The first kappa shape index (κ1) is 25.7. The zero-order valence-corrected chi connectivity index (χ0v) is 18.8. The van der Waals surface area contributed by atoms with Crippen molar-refractivity contribution in [2.45, 2.75) is 76.4 Å². The Balaban J connectivity index is 1.88. The second kappa shape index (κ2) is 13.1. The molecule has 0 aromatic heterocycles. The highest BCUT2D eigenvalue weighted by atomic mass is 16.5. The molecule has 0 radical (unpaired) electrons. The van der Waals surface area contributed by atoms with Crippen molar-refractivity contribution in [1.82, 2.24) is 0 Å². The quantitative estimate of drug-likeness (QED) is 0.225. The number of nitrogens with zero attached hydrogens (tertiary/aromatic N) is 1. The monoisotopic (exact) mass is 445 g/mol. The maximum Gasteiger partial charge on any atom is 0.303 e. The van der Waals surface area contributed by atoms with Crippen molar-refractivity contribution in [2.24, 2.45) is 17.0 Å². The molecule has 1 saturated carbocycles. The van der Waals surface area contributed by atoms with Gasteiger partial charge in [-0.2, -0.15) is 4.91 Å². The van der Waals surface area contributed by atoms with Crippen LogP contribution in [0, 0.1) is 16.7 Å². The van der Waals surface area contributed by atoms with Crippen molar-refractivity contribution >= 4 is 11.8 Å². The lowest BCUT2D eigenvalue weighted by atomic mass is 9.81. The number of para-hydroxylation sites is 1. The third kappa shape index (κ3) is 8.19. The first-order valence-corrected chi connectivity index (χ1v) is 11.5. The van der Waals surface area contributed by atoms with E-state index in [0.29, 0.717) is 51.6 Å². The number of benzene rings is 1. The SMILES string of the molecule is CCC(O)(CCOc1ccccc1)CC[C@H]1C(N=O)CC(=O)[C@@H]1CC=CCCCC(=O)O. The highest BCUT2D eigenvalue weighted by Crippen LogP contribution is 2.39. The number of nitroso groups, excluding NO2 is 1. The Bertz CT molecular complexity index is 765. The molecule has 1 aromatic carbocycles. The number of ether oxygens (including phenoxy) is 1. The lowest BCUT2D eigenvalue weighted by Gasteiger charge is -2.29. The fourth-order valence-electron chi connectivity index (χ4n) is 4.35. The van der Waals surface area contributed by atoms with E-state index in [-0.39, 0.29) is 30.5 Å². The third-order valence-electron chi connectivity index (χ3n) is 6.47. The minimum absolute atomic E-state index is 0.0437. The number of rotatable bonds is 15. The molecule has 7 nitrogen and oxygen atoms in total. The number of ketones is 1. The average Bonchev–Trinajstić information content (AvgIpc) is 3.09. The molecule has 0 heterocycles. The van der Waals surface area contributed by atoms with Crippen molar-refractivity contribution in [2.75, 3.05) is 6.61 Å². The van der Waals surface area contributed by atoms with Crippen LogP contribution in [0.25, 0.3) is 0 Å². The summed E-state index contributed by atoms with van der Waals surface area (Å²) in [5.74, 6) is -0.483. The Labute approximate surface area is 189 Å². The molecule has 1 aliphatic carbocycles. The van der Waals surface area contributed by atoms with Gasteiger partial charge in [-0.1, -0.05) is 42.5 Å². The first-order chi connectivity index (χ1) is 15.4. The van der Waals surface area contributed by atoms with Gasteiger partial charge < -0.3 is 14.9 Å². The summed E-state index contributed by atoms with van der Waals surface area (Å²) in [6.45, 7) is 2.31. The molecule has 0 saturated heterocycles. The van der Waals surface area contributed by atoms with Crippen molar-refractivity contribution < 1.29 is 24.5 Å². The minimum Gasteiger partial charge on any atom is -0.493 e. The van der Waals surface area contributed by atoms with Gasteiger partial charge in [-0.25, -0.2) is 0 Å². The van der Waals surface area contributed by atoms with E-state index in [1.165, 1.54) is 0 Å². The molecule has 2 N–H and O–H groups in total. The Hall–Kier alpha value is -2.54. The van der Waals surface area contributed by atoms with Crippen molar-refractivity contribution in [3.63, 3.8) is 0 Å². The van der Waals surface area contributed by atoms with Crippen molar-refractivity contribution in [1.29, 1.82) is 0 Å². The Morgan fingerprint density at radius 1 is 1.25 bits per heavy atom. The highest BCUT2D eigenvalue weighted by Gasteiger charge is 2.43. The van der Waals surface area contributed by atoms with Crippen molar-refractivity contribution in [3.8, 4) is 5.75 Å². The van der Waals surface area contributed by atoms with Crippen LogP contribution in [0.3, 0.4) is 0 Å². The van der Waals surface area contributed by atoms with Crippen LogP contribution in [0.15, 0.2) is 47.7 Å². The molecule has 1 fully saturated rings. The van der Waals surface area contributed by atoms with Crippen LogP contribution >= 0.6 is 0 Å². The molecule has 1 aliphatic rings. The number of carboxylic acid groups (broad SMARTS) is 1. The summed E-state index contributed by atoms with van der Waals surface area (Å²) in [7, 11) is 0. The number of carboxylic acids is 1. The van der Waals surface area contributed by atoms with E-state index in [2.05, 4.69) is 5.18 Å². The van der Waals surface area contributed by atoms with E-state index in [1.54, 1.807) is 0 Å². The number of hydrogen-bond donors (Lipinski definition) is 2. The van der Waals surface area contributed by atoms with Gasteiger partial charge in [0, 0.05) is 25.2 Å². The molecular weight excluding hydrogens is 410 g/mol. The molecule has 0 amide bonds. The third-order valence-corrected chi connectivity index (χ3v) is 6.47. The van der Waals surface area contributed by atoms with Gasteiger partial charge in [0.2, 0.25) is 0 Å². The molecule has 4 atom stereocenters. The Morgan fingerprint density at radius 3 is 2.66 bits per heavy atom. The minimum atomic E-state index is -0.926. The summed E-state index contributed by atoms with van der Waals surface area (Å²) < 4.78 is 5.73. The van der Waals surface area contributed by atoms with Gasteiger partial charge >= 0.3 is 5.97 Å². The van der Waals surface area contributed by atoms with Gasteiger partial charge in [-0.05, 0) is 56.6 Å². The summed E-state index contributed by atoms with van der Waals surface area (Å²) in [6, 6.07) is 8.90. The average molecular weight is 446 g/mol. The Kier molecular flexibility index (Phi) is 10.5. The predicted molar refractivity (Wildman–Crippen MR) is 122 cm³/mol. The number of aliphatic hydroxyl groups is 1. The van der Waals surface area contributed by atoms with Crippen LogP contribution in [0.4, 0.5) is 0 Å². The van der Waals surface area contributed by atoms with Gasteiger partial charge in [0.25, 0.3) is 0 Å².